The average molecular weight is 383 g/mol. The van der Waals surface area contributed by atoms with E-state index < -0.39 is 0 Å². The molecule has 1 amide bonds. The van der Waals surface area contributed by atoms with E-state index in [0.717, 1.165) is 34.6 Å². The zero-order chi connectivity index (χ0) is 20.5. The van der Waals surface area contributed by atoms with E-state index in [1.54, 1.807) is 0 Å². The largest absolute Gasteiger partial charge is 0.494 e. The van der Waals surface area contributed by atoms with Crippen LogP contribution in [-0.2, 0) is 4.79 Å². The minimum Gasteiger partial charge on any atom is -0.494 e. The maximum absolute atomic E-state index is 12.1. The fraction of sp³-hybridized carbons (Fsp3) is 0.391. The Morgan fingerprint density at radius 3 is 2.46 bits per heavy atom. The number of aryl methyl sites for hydroxylation is 1. The first-order valence-corrected chi connectivity index (χ1v) is 9.70. The lowest BCUT2D eigenvalue weighted by Crippen LogP contribution is -2.26. The molecule has 0 fully saturated rings. The van der Waals surface area contributed by atoms with Crippen LogP contribution in [0.5, 0.6) is 11.5 Å². The number of ether oxygens (including phenoxy) is 2. The van der Waals surface area contributed by atoms with Crippen molar-refractivity contribution in [2.75, 3.05) is 13.2 Å². The molecule has 2 aromatic rings. The summed E-state index contributed by atoms with van der Waals surface area (Å²) in [4.78, 5) is 12.1. The Balaban J connectivity index is 1.92. The third-order valence-electron chi connectivity index (χ3n) is 4.24. The number of hydrogen-bond acceptors (Lipinski definition) is 4. The van der Waals surface area contributed by atoms with E-state index in [9.17, 15) is 4.79 Å². The normalized spacial score (nSPS) is 11.4. The second-order valence-electron chi connectivity index (χ2n) is 7.09. The van der Waals surface area contributed by atoms with Crippen LogP contribution in [-0.4, -0.2) is 24.8 Å². The van der Waals surface area contributed by atoms with Gasteiger partial charge in [-0.25, -0.2) is 5.43 Å². The molecule has 0 aliphatic rings. The molecule has 0 saturated heterocycles. The molecular formula is C23H30N2O3. The number of carbonyl (C=O) groups excluding carboxylic acids is 1. The summed E-state index contributed by atoms with van der Waals surface area (Å²) in [7, 11) is 0. The van der Waals surface area contributed by atoms with E-state index in [1.165, 1.54) is 0 Å². The fourth-order valence-electron chi connectivity index (χ4n) is 2.64. The van der Waals surface area contributed by atoms with Crippen LogP contribution in [0.3, 0.4) is 0 Å². The maximum atomic E-state index is 12.1. The average Bonchev–Trinajstić information content (AvgIpc) is 2.69. The minimum atomic E-state index is -0.293. The second-order valence-corrected chi connectivity index (χ2v) is 7.09. The molecule has 0 aliphatic carbocycles. The first-order valence-electron chi connectivity index (χ1n) is 9.70. The highest BCUT2D eigenvalue weighted by Gasteiger charge is 2.10. The molecular weight excluding hydrogens is 352 g/mol. The van der Waals surface area contributed by atoms with Crippen molar-refractivity contribution in [2.45, 2.75) is 47.0 Å². The van der Waals surface area contributed by atoms with Gasteiger partial charge in [0.1, 0.15) is 11.5 Å². The van der Waals surface area contributed by atoms with E-state index in [0.29, 0.717) is 18.2 Å². The van der Waals surface area contributed by atoms with Gasteiger partial charge in [0.15, 0.2) is 6.61 Å². The summed E-state index contributed by atoms with van der Waals surface area (Å²) in [6, 6.07) is 13.7. The first-order chi connectivity index (χ1) is 13.4. The molecule has 0 aliphatic heterocycles. The van der Waals surface area contributed by atoms with E-state index in [4.69, 9.17) is 9.47 Å². The third-order valence-corrected chi connectivity index (χ3v) is 4.24. The van der Waals surface area contributed by atoms with Crippen molar-refractivity contribution in [3.8, 4) is 11.5 Å². The van der Waals surface area contributed by atoms with Crippen LogP contribution in [0.4, 0.5) is 0 Å². The predicted octanol–water partition coefficient (Wildman–Crippen LogP) is 4.83. The van der Waals surface area contributed by atoms with Gasteiger partial charge in [-0.15, -0.1) is 0 Å². The standard InChI is InChI=1S/C23H30N2O3/c1-6-13-27-20-10-8-19(9-11-20)18(5)24-25-23(26)15-28-22-14-17(4)7-12-21(22)16(2)3/h7-12,14,16H,6,13,15H2,1-5H3,(H,25,26)/b24-18-. The van der Waals surface area contributed by atoms with Gasteiger partial charge < -0.3 is 9.47 Å². The van der Waals surface area contributed by atoms with Crippen molar-refractivity contribution in [1.29, 1.82) is 0 Å². The highest BCUT2D eigenvalue weighted by molar-refractivity contribution is 5.99. The SMILES string of the molecule is CCCOc1ccc(/C(C)=N\NC(=O)COc2cc(C)ccc2C(C)C)cc1. The molecule has 0 radical (unpaired) electrons. The zero-order valence-electron chi connectivity index (χ0n) is 17.4. The Morgan fingerprint density at radius 2 is 1.82 bits per heavy atom. The van der Waals surface area contributed by atoms with Gasteiger partial charge in [0.2, 0.25) is 0 Å². The molecule has 0 heterocycles. The van der Waals surface area contributed by atoms with Crippen LogP contribution in [0.15, 0.2) is 47.6 Å². The van der Waals surface area contributed by atoms with Gasteiger partial charge in [-0.05, 0) is 73.2 Å². The lowest BCUT2D eigenvalue weighted by atomic mass is 10.0. The Labute approximate surface area is 167 Å². The summed E-state index contributed by atoms with van der Waals surface area (Å²) in [6.45, 7) is 10.7. The van der Waals surface area contributed by atoms with Gasteiger partial charge in [0.25, 0.3) is 5.91 Å². The number of hydrazone groups is 1. The van der Waals surface area contributed by atoms with Crippen LogP contribution in [0.1, 0.15) is 56.7 Å². The highest BCUT2D eigenvalue weighted by Crippen LogP contribution is 2.27. The van der Waals surface area contributed by atoms with Crippen molar-refractivity contribution in [3.63, 3.8) is 0 Å². The van der Waals surface area contributed by atoms with Crippen LogP contribution in [0.25, 0.3) is 0 Å². The summed E-state index contributed by atoms with van der Waals surface area (Å²) in [5.74, 6) is 1.60. The number of nitrogens with zero attached hydrogens (tertiary/aromatic N) is 1. The second kappa shape index (κ2) is 10.5. The number of amides is 1. The third kappa shape index (κ3) is 6.41. The van der Waals surface area contributed by atoms with Crippen molar-refractivity contribution in [2.24, 2.45) is 5.10 Å². The Morgan fingerprint density at radius 1 is 1.11 bits per heavy atom. The van der Waals surface area contributed by atoms with Gasteiger partial charge in [0.05, 0.1) is 12.3 Å². The molecule has 5 heteroatoms. The fourth-order valence-corrected chi connectivity index (χ4v) is 2.64. The molecule has 28 heavy (non-hydrogen) atoms. The summed E-state index contributed by atoms with van der Waals surface area (Å²) in [6.07, 6.45) is 0.970. The number of carbonyl (C=O) groups is 1. The van der Waals surface area contributed by atoms with Crippen LogP contribution in [0, 0.1) is 6.92 Å². The van der Waals surface area contributed by atoms with Gasteiger partial charge in [-0.2, -0.15) is 5.10 Å². The molecule has 0 spiro atoms. The summed E-state index contributed by atoms with van der Waals surface area (Å²) >= 11 is 0. The summed E-state index contributed by atoms with van der Waals surface area (Å²) < 4.78 is 11.3. The number of nitrogens with one attached hydrogen (secondary N) is 1. The molecule has 0 bridgehead atoms. The van der Waals surface area contributed by atoms with Crippen molar-refractivity contribution in [3.05, 3.63) is 59.2 Å². The molecule has 0 saturated carbocycles. The zero-order valence-corrected chi connectivity index (χ0v) is 17.4. The maximum Gasteiger partial charge on any atom is 0.277 e. The van der Waals surface area contributed by atoms with Gasteiger partial charge >= 0.3 is 0 Å². The van der Waals surface area contributed by atoms with Gasteiger partial charge in [-0.1, -0.05) is 32.9 Å². The summed E-state index contributed by atoms with van der Waals surface area (Å²) in [5, 5.41) is 4.17. The topological polar surface area (TPSA) is 59.9 Å². The Hall–Kier alpha value is -2.82. The lowest BCUT2D eigenvalue weighted by Gasteiger charge is -2.14. The summed E-state index contributed by atoms with van der Waals surface area (Å²) in [5.41, 5.74) is 6.38. The molecule has 0 atom stereocenters. The minimum absolute atomic E-state index is 0.0796. The molecule has 0 aromatic heterocycles. The van der Waals surface area contributed by atoms with E-state index in [1.807, 2.05) is 50.2 Å². The van der Waals surface area contributed by atoms with Crippen LogP contribution < -0.4 is 14.9 Å². The quantitative estimate of drug-likeness (QED) is 0.499. The van der Waals surface area contributed by atoms with Crippen molar-refractivity contribution >= 4 is 11.6 Å². The van der Waals surface area contributed by atoms with Crippen LogP contribution in [0.2, 0.25) is 0 Å². The van der Waals surface area contributed by atoms with E-state index >= 15 is 0 Å². The molecule has 1 N–H and O–H groups in total. The van der Waals surface area contributed by atoms with Crippen molar-refractivity contribution < 1.29 is 14.3 Å². The molecule has 2 rings (SSSR count). The van der Waals surface area contributed by atoms with Gasteiger partial charge in [-0.3, -0.25) is 4.79 Å². The lowest BCUT2D eigenvalue weighted by molar-refractivity contribution is -0.123. The Bertz CT molecular complexity index is 811. The van der Waals surface area contributed by atoms with E-state index in [-0.39, 0.29) is 12.5 Å². The van der Waals surface area contributed by atoms with Crippen LogP contribution >= 0.6 is 0 Å². The molecule has 150 valence electrons. The number of rotatable bonds is 9. The highest BCUT2D eigenvalue weighted by atomic mass is 16.5. The van der Waals surface area contributed by atoms with Gasteiger partial charge in [0, 0.05) is 0 Å². The Kier molecular flexibility index (Phi) is 8.05. The molecule has 2 aromatic carbocycles. The number of benzene rings is 2. The monoisotopic (exact) mass is 382 g/mol. The van der Waals surface area contributed by atoms with E-state index in [2.05, 4.69) is 37.4 Å². The number of hydrogen-bond donors (Lipinski definition) is 1. The predicted molar refractivity (Wildman–Crippen MR) is 113 cm³/mol. The molecule has 5 nitrogen and oxygen atoms in total. The smallest absolute Gasteiger partial charge is 0.277 e. The van der Waals surface area contributed by atoms with Crippen molar-refractivity contribution in [1.82, 2.24) is 5.43 Å². The first kappa shape index (κ1) is 21.5. The molecule has 0 unspecified atom stereocenters.